The van der Waals surface area contributed by atoms with Gasteiger partial charge in [-0.15, -0.1) is 0 Å². The molecule has 0 bridgehead atoms. The summed E-state index contributed by atoms with van der Waals surface area (Å²) in [7, 11) is 0. The summed E-state index contributed by atoms with van der Waals surface area (Å²) >= 11 is 1.86. The molecule has 3 heterocycles. The summed E-state index contributed by atoms with van der Waals surface area (Å²) in [4.78, 5) is 87.0. The van der Waals surface area contributed by atoms with Crippen LogP contribution in [0.2, 0.25) is 0 Å². The maximum Gasteiger partial charge on any atom is 0.534 e. The second kappa shape index (κ2) is 16.9. The van der Waals surface area contributed by atoms with E-state index in [1.165, 1.54) is 25.1 Å². The van der Waals surface area contributed by atoms with Crippen LogP contribution in [0.5, 0.6) is 0 Å². The van der Waals surface area contributed by atoms with E-state index in [-0.39, 0.29) is 67.0 Å². The van der Waals surface area contributed by atoms with Gasteiger partial charge in [0.2, 0.25) is 11.8 Å². The summed E-state index contributed by atoms with van der Waals surface area (Å²) in [6.45, 7) is 1.99. The zero-order valence-electron chi connectivity index (χ0n) is 26.1. The van der Waals surface area contributed by atoms with Crippen LogP contribution < -0.4 is 21.3 Å². The largest absolute Gasteiger partial charge is 0.534 e. The summed E-state index contributed by atoms with van der Waals surface area (Å²) in [6, 6.07) is 4.44. The second-order valence-electron chi connectivity index (χ2n) is 11.6. The number of hydroxylamine groups is 2. The maximum absolute atomic E-state index is 12.4. The Balaban J connectivity index is 1.08. The molecule has 3 saturated heterocycles. The predicted molar refractivity (Wildman–Crippen MR) is 167 cm³/mol. The standard InChI is InChI=1S/C30H40N6O10S/c1-18(45-30(42)46-35-26(39)12-13-27(35)40)20-15-19(10-11-22(20)36(43)44)16-32-25(38)8-3-2-6-14-31-24(37)9-5-4-7-23-28-21(17-47-23)33-29(41)34-28/h10-11,15,18,21,23,28H,2-9,12-14,16-17H2,1H3,(H,31,37)(H,32,38)(H2,33,34,41). The third-order valence-electron chi connectivity index (χ3n) is 8.14. The number of amides is 6. The quantitative estimate of drug-likeness (QED) is 0.0470. The molecule has 4 rings (SSSR count). The molecule has 17 heteroatoms. The molecule has 256 valence electrons. The van der Waals surface area contributed by atoms with E-state index in [9.17, 15) is 38.9 Å². The fourth-order valence-electron chi connectivity index (χ4n) is 5.63. The summed E-state index contributed by atoms with van der Waals surface area (Å²) in [6.07, 6.45) is 2.80. The second-order valence-corrected chi connectivity index (χ2v) is 12.9. The average molecular weight is 677 g/mol. The first kappa shape index (κ1) is 35.4. The van der Waals surface area contributed by atoms with Crippen molar-refractivity contribution in [3.8, 4) is 0 Å². The number of carbonyl (C=O) groups excluding carboxylic acids is 6. The van der Waals surface area contributed by atoms with E-state index in [4.69, 9.17) is 4.74 Å². The number of hydrogen-bond acceptors (Lipinski definition) is 11. The Kier molecular flexibility index (Phi) is 12.8. The van der Waals surface area contributed by atoms with Crippen LogP contribution >= 0.6 is 11.8 Å². The number of fused-ring (bicyclic) bond motifs is 1. The van der Waals surface area contributed by atoms with Crippen LogP contribution in [0.15, 0.2) is 18.2 Å². The Hall–Kier alpha value is -4.41. The van der Waals surface area contributed by atoms with Crippen molar-refractivity contribution in [2.75, 3.05) is 12.3 Å². The first-order chi connectivity index (χ1) is 22.5. The molecule has 47 heavy (non-hydrogen) atoms. The summed E-state index contributed by atoms with van der Waals surface area (Å²) < 4.78 is 5.09. The third kappa shape index (κ3) is 10.3. The van der Waals surface area contributed by atoms with Gasteiger partial charge in [0.15, 0.2) is 0 Å². The highest BCUT2D eigenvalue weighted by atomic mass is 32.2. The maximum atomic E-state index is 12.4. The van der Waals surface area contributed by atoms with Gasteiger partial charge in [0.25, 0.3) is 17.5 Å². The molecule has 0 saturated carbocycles. The number of nitro benzene ring substituents is 1. The Bertz CT molecular complexity index is 1360. The lowest BCUT2D eigenvalue weighted by molar-refractivity contribution is -0.386. The molecule has 0 radical (unpaired) electrons. The van der Waals surface area contributed by atoms with Gasteiger partial charge in [0.05, 0.1) is 22.6 Å². The predicted octanol–water partition coefficient (Wildman–Crippen LogP) is 2.89. The highest BCUT2D eigenvalue weighted by molar-refractivity contribution is 8.00. The van der Waals surface area contributed by atoms with E-state index in [1.807, 2.05) is 11.8 Å². The molecule has 0 spiro atoms. The Morgan fingerprint density at radius 3 is 2.45 bits per heavy atom. The number of thioether (sulfide) groups is 1. The number of nitro groups is 1. The number of benzene rings is 1. The van der Waals surface area contributed by atoms with Crippen molar-refractivity contribution in [1.82, 2.24) is 26.3 Å². The van der Waals surface area contributed by atoms with Crippen LogP contribution in [-0.4, -0.2) is 75.4 Å². The molecule has 0 aliphatic carbocycles. The van der Waals surface area contributed by atoms with Gasteiger partial charge in [0, 0.05) is 55.8 Å². The number of nitrogens with one attached hydrogen (secondary N) is 4. The Morgan fingerprint density at radius 1 is 1.02 bits per heavy atom. The van der Waals surface area contributed by atoms with Crippen molar-refractivity contribution in [3.05, 3.63) is 39.4 Å². The minimum atomic E-state index is -1.36. The molecule has 3 aliphatic rings. The summed E-state index contributed by atoms with van der Waals surface area (Å²) in [5, 5.41) is 23.9. The van der Waals surface area contributed by atoms with Crippen LogP contribution in [0.3, 0.4) is 0 Å². The molecule has 0 aromatic heterocycles. The van der Waals surface area contributed by atoms with E-state index in [0.717, 1.165) is 37.9 Å². The van der Waals surface area contributed by atoms with Crippen LogP contribution in [0.1, 0.15) is 88.4 Å². The van der Waals surface area contributed by atoms with Gasteiger partial charge in [-0.2, -0.15) is 11.8 Å². The van der Waals surface area contributed by atoms with Crippen molar-refractivity contribution in [3.63, 3.8) is 0 Å². The molecule has 6 amide bonds. The number of ether oxygens (including phenoxy) is 1. The molecule has 4 unspecified atom stereocenters. The smallest absolute Gasteiger partial charge is 0.425 e. The monoisotopic (exact) mass is 676 g/mol. The minimum Gasteiger partial charge on any atom is -0.425 e. The third-order valence-corrected chi connectivity index (χ3v) is 9.65. The van der Waals surface area contributed by atoms with Gasteiger partial charge in [-0.25, -0.2) is 9.59 Å². The van der Waals surface area contributed by atoms with E-state index in [0.29, 0.717) is 35.3 Å². The number of carbonyl (C=O) groups is 6. The average Bonchev–Trinajstić information content (AvgIpc) is 3.69. The van der Waals surface area contributed by atoms with E-state index < -0.39 is 29.0 Å². The topological polar surface area (TPSA) is 215 Å². The molecular weight excluding hydrogens is 636 g/mol. The highest BCUT2D eigenvalue weighted by Crippen LogP contribution is 2.33. The van der Waals surface area contributed by atoms with Crippen LogP contribution in [0.4, 0.5) is 15.3 Å². The Labute approximate surface area is 275 Å². The highest BCUT2D eigenvalue weighted by Gasteiger charge is 2.42. The lowest BCUT2D eigenvalue weighted by atomic mass is 10.0. The van der Waals surface area contributed by atoms with Crippen molar-refractivity contribution >= 4 is 53.3 Å². The lowest BCUT2D eigenvalue weighted by Gasteiger charge is -2.17. The first-order valence-electron chi connectivity index (χ1n) is 15.8. The van der Waals surface area contributed by atoms with Gasteiger partial charge in [-0.1, -0.05) is 24.0 Å². The number of unbranched alkanes of at least 4 members (excludes halogenated alkanes) is 3. The molecule has 16 nitrogen and oxygen atoms in total. The van der Waals surface area contributed by atoms with Crippen LogP contribution in [0.25, 0.3) is 0 Å². The van der Waals surface area contributed by atoms with Crippen LogP contribution in [0, 0.1) is 10.1 Å². The molecule has 4 N–H and O–H groups in total. The van der Waals surface area contributed by atoms with Crippen molar-refractivity contribution in [1.29, 1.82) is 0 Å². The number of urea groups is 1. The fourth-order valence-corrected chi connectivity index (χ4v) is 7.18. The van der Waals surface area contributed by atoms with Crippen LogP contribution in [-0.2, 0) is 35.3 Å². The Morgan fingerprint density at radius 2 is 1.72 bits per heavy atom. The van der Waals surface area contributed by atoms with Gasteiger partial charge in [0.1, 0.15) is 6.10 Å². The fraction of sp³-hybridized carbons (Fsp3) is 0.600. The van der Waals surface area contributed by atoms with Crippen molar-refractivity contribution < 1.29 is 43.3 Å². The number of nitrogens with zero attached hydrogens (tertiary/aromatic N) is 2. The van der Waals surface area contributed by atoms with Gasteiger partial charge in [-0.05, 0) is 44.2 Å². The SMILES string of the molecule is CC(OC(=O)ON1C(=O)CCC1=O)c1cc(CNC(=O)CCCCCNC(=O)CCCCC2SCC3NC(=O)NC32)ccc1[N+](=O)[O-]. The van der Waals surface area contributed by atoms with E-state index in [1.54, 1.807) is 0 Å². The molecule has 3 aliphatic heterocycles. The number of hydrogen-bond donors (Lipinski definition) is 4. The zero-order valence-corrected chi connectivity index (χ0v) is 26.9. The molecule has 3 fully saturated rings. The first-order valence-corrected chi connectivity index (χ1v) is 16.8. The molecule has 1 aromatic carbocycles. The summed E-state index contributed by atoms with van der Waals surface area (Å²) in [5.74, 6) is -0.659. The van der Waals surface area contributed by atoms with Gasteiger partial charge >= 0.3 is 12.2 Å². The number of imide groups is 1. The summed E-state index contributed by atoms with van der Waals surface area (Å²) in [5.41, 5.74) is 0.256. The van der Waals surface area contributed by atoms with Crippen molar-refractivity contribution in [2.24, 2.45) is 0 Å². The number of rotatable bonds is 17. The normalized spacial score (nSPS) is 20.7. The zero-order chi connectivity index (χ0) is 33.9. The van der Waals surface area contributed by atoms with Crippen molar-refractivity contribution in [2.45, 2.75) is 101 Å². The van der Waals surface area contributed by atoms with E-state index in [2.05, 4.69) is 26.1 Å². The minimum absolute atomic E-state index is 0.00593. The van der Waals surface area contributed by atoms with E-state index >= 15 is 0 Å². The molecule has 1 aromatic rings. The van der Waals surface area contributed by atoms with Gasteiger partial charge in [-0.3, -0.25) is 34.1 Å². The molecule has 4 atom stereocenters. The lowest BCUT2D eigenvalue weighted by Crippen LogP contribution is -2.36. The molecular formula is C30H40N6O10S. The van der Waals surface area contributed by atoms with Gasteiger partial charge < -0.3 is 26.0 Å².